The van der Waals surface area contributed by atoms with Gasteiger partial charge in [0.15, 0.2) is 0 Å². The van der Waals surface area contributed by atoms with E-state index in [9.17, 15) is 9.59 Å². The van der Waals surface area contributed by atoms with Gasteiger partial charge in [-0.15, -0.1) is 22.7 Å². The zero-order valence-corrected chi connectivity index (χ0v) is 15.6. The second-order valence-corrected chi connectivity index (χ2v) is 8.23. The Kier molecular flexibility index (Phi) is 4.13. The number of fused-ring (bicyclic) bond motifs is 2. The molecule has 3 aromatic rings. The maximum absolute atomic E-state index is 12.9. The van der Waals surface area contributed by atoms with Gasteiger partial charge in [0.05, 0.1) is 15.8 Å². The van der Waals surface area contributed by atoms with Crippen molar-refractivity contribution < 1.29 is 9.59 Å². The highest BCUT2D eigenvalue weighted by Crippen LogP contribution is 2.38. The number of hydrogen-bond acceptors (Lipinski definition) is 4. The number of hydrogen-bond donors (Lipinski definition) is 2. The summed E-state index contributed by atoms with van der Waals surface area (Å²) in [6, 6.07) is 3.94. The zero-order chi connectivity index (χ0) is 17.6. The minimum atomic E-state index is -0.457. The molecule has 2 amide bonds. The third-order valence-corrected chi connectivity index (χ3v) is 6.78. The molecule has 0 fully saturated rings. The first-order chi connectivity index (χ1) is 12.1. The highest BCUT2D eigenvalue weighted by Gasteiger charge is 2.26. The molecule has 0 aliphatic heterocycles. The van der Waals surface area contributed by atoms with Crippen LogP contribution in [0.25, 0.3) is 10.2 Å². The summed E-state index contributed by atoms with van der Waals surface area (Å²) in [7, 11) is 0. The van der Waals surface area contributed by atoms with Crippen LogP contribution in [0.1, 0.15) is 51.1 Å². The fourth-order valence-electron chi connectivity index (χ4n) is 3.59. The smallest absolute Gasteiger partial charge is 0.272 e. The summed E-state index contributed by atoms with van der Waals surface area (Å²) in [6.45, 7) is 2.74. The van der Waals surface area contributed by atoms with Crippen LogP contribution in [-0.2, 0) is 19.4 Å². The van der Waals surface area contributed by atoms with Crippen molar-refractivity contribution in [2.45, 2.75) is 39.2 Å². The van der Waals surface area contributed by atoms with Gasteiger partial charge in [0.1, 0.15) is 10.7 Å². The van der Waals surface area contributed by atoms with Gasteiger partial charge in [-0.25, -0.2) is 0 Å². The molecule has 5 nitrogen and oxygen atoms in total. The van der Waals surface area contributed by atoms with Crippen LogP contribution >= 0.6 is 22.7 Å². The van der Waals surface area contributed by atoms with Crippen molar-refractivity contribution in [3.05, 3.63) is 39.2 Å². The zero-order valence-electron chi connectivity index (χ0n) is 13.9. The molecule has 3 aromatic heterocycles. The van der Waals surface area contributed by atoms with E-state index >= 15 is 0 Å². The number of aryl methyl sites for hydroxylation is 2. The fourth-order valence-corrected chi connectivity index (χ4v) is 5.70. The fraction of sp³-hybridized carbons (Fsp3) is 0.333. The lowest BCUT2D eigenvalue weighted by atomic mass is 9.95. The molecule has 0 aromatic carbocycles. The van der Waals surface area contributed by atoms with E-state index in [2.05, 4.69) is 5.32 Å². The molecule has 25 heavy (non-hydrogen) atoms. The predicted octanol–water partition coefficient (Wildman–Crippen LogP) is 4.01. The van der Waals surface area contributed by atoms with Gasteiger partial charge >= 0.3 is 0 Å². The average Bonchev–Trinajstić information content (AvgIpc) is 3.25. The van der Waals surface area contributed by atoms with Gasteiger partial charge in [0, 0.05) is 11.4 Å². The Morgan fingerprint density at radius 3 is 2.88 bits per heavy atom. The lowest BCUT2D eigenvalue weighted by Crippen LogP contribution is -2.20. The first-order valence-electron chi connectivity index (χ1n) is 8.42. The Morgan fingerprint density at radius 2 is 2.12 bits per heavy atom. The highest BCUT2D eigenvalue weighted by atomic mass is 32.1. The summed E-state index contributed by atoms with van der Waals surface area (Å²) in [5.41, 5.74) is 8.83. The monoisotopic (exact) mass is 373 g/mol. The van der Waals surface area contributed by atoms with E-state index < -0.39 is 5.91 Å². The standard InChI is InChI=1S/C18H19N3O2S2/c1-2-21-11-7-8-24-14(11)9-12(21)17(23)20-18-15(16(19)22)10-5-3-4-6-13(10)25-18/h7-9H,2-6H2,1H3,(H2,19,22)(H,20,23). The summed E-state index contributed by atoms with van der Waals surface area (Å²) in [5, 5.41) is 5.57. The molecule has 0 radical (unpaired) electrons. The van der Waals surface area contributed by atoms with Gasteiger partial charge in [0.2, 0.25) is 0 Å². The summed E-state index contributed by atoms with van der Waals surface area (Å²) < 4.78 is 3.09. The maximum Gasteiger partial charge on any atom is 0.272 e. The van der Waals surface area contributed by atoms with Crippen molar-refractivity contribution in [2.24, 2.45) is 5.73 Å². The number of primary amides is 1. The summed E-state index contributed by atoms with van der Waals surface area (Å²) >= 11 is 3.12. The van der Waals surface area contributed by atoms with Gasteiger partial charge < -0.3 is 15.6 Å². The molecule has 0 saturated carbocycles. The van der Waals surface area contributed by atoms with E-state index in [0.717, 1.165) is 41.5 Å². The minimum Gasteiger partial charge on any atom is -0.365 e. The lowest BCUT2D eigenvalue weighted by Gasteiger charge is -2.11. The molecular weight excluding hydrogens is 354 g/mol. The van der Waals surface area contributed by atoms with E-state index in [0.29, 0.717) is 22.8 Å². The molecule has 0 bridgehead atoms. The summed E-state index contributed by atoms with van der Waals surface area (Å²) in [4.78, 5) is 26.0. The average molecular weight is 374 g/mol. The summed E-state index contributed by atoms with van der Waals surface area (Å²) in [6.07, 6.45) is 4.00. The largest absolute Gasteiger partial charge is 0.365 e. The number of carbonyl (C=O) groups is 2. The van der Waals surface area contributed by atoms with Gasteiger partial charge in [-0.3, -0.25) is 9.59 Å². The number of amides is 2. The molecular formula is C18H19N3O2S2. The van der Waals surface area contributed by atoms with Crippen LogP contribution in [0.5, 0.6) is 0 Å². The van der Waals surface area contributed by atoms with E-state index in [1.807, 2.05) is 29.0 Å². The van der Waals surface area contributed by atoms with Crippen molar-refractivity contribution in [2.75, 3.05) is 5.32 Å². The molecule has 130 valence electrons. The summed E-state index contributed by atoms with van der Waals surface area (Å²) in [5.74, 6) is -0.645. The number of anilines is 1. The van der Waals surface area contributed by atoms with Crippen LogP contribution in [0.3, 0.4) is 0 Å². The second-order valence-electron chi connectivity index (χ2n) is 6.18. The molecule has 3 N–H and O–H groups in total. The number of nitrogens with zero attached hydrogens (tertiary/aromatic N) is 1. The third-order valence-electron chi connectivity index (χ3n) is 4.72. The number of carbonyl (C=O) groups excluding carboxylic acids is 2. The van der Waals surface area contributed by atoms with Crippen molar-refractivity contribution in [3.63, 3.8) is 0 Å². The predicted molar refractivity (Wildman–Crippen MR) is 103 cm³/mol. The number of aromatic nitrogens is 1. The Morgan fingerprint density at radius 1 is 1.32 bits per heavy atom. The molecule has 0 atom stereocenters. The van der Waals surface area contributed by atoms with Gasteiger partial charge in [-0.2, -0.15) is 0 Å². The minimum absolute atomic E-state index is 0.189. The van der Waals surface area contributed by atoms with Crippen molar-refractivity contribution in [1.29, 1.82) is 0 Å². The van der Waals surface area contributed by atoms with Crippen molar-refractivity contribution in [1.82, 2.24) is 4.57 Å². The molecule has 7 heteroatoms. The van der Waals surface area contributed by atoms with E-state index in [1.165, 1.54) is 16.2 Å². The lowest BCUT2D eigenvalue weighted by molar-refractivity contribution is 0.100. The maximum atomic E-state index is 12.9. The van der Waals surface area contributed by atoms with Gasteiger partial charge in [0.25, 0.3) is 11.8 Å². The first-order valence-corrected chi connectivity index (χ1v) is 10.1. The molecule has 0 saturated heterocycles. The second kappa shape index (κ2) is 6.31. The SMILES string of the molecule is CCn1c(C(=O)Nc2sc3c(c2C(N)=O)CCCC3)cc2sccc21. The molecule has 0 unspecified atom stereocenters. The van der Waals surface area contributed by atoms with E-state index in [-0.39, 0.29) is 5.91 Å². The molecule has 1 aliphatic carbocycles. The number of rotatable bonds is 4. The quantitative estimate of drug-likeness (QED) is 0.725. The van der Waals surface area contributed by atoms with Gasteiger partial charge in [-0.1, -0.05) is 0 Å². The highest BCUT2D eigenvalue weighted by molar-refractivity contribution is 7.17. The number of nitrogens with two attached hydrogens (primary N) is 1. The first kappa shape index (κ1) is 16.4. The van der Waals surface area contributed by atoms with Crippen LogP contribution in [0.15, 0.2) is 17.5 Å². The van der Waals surface area contributed by atoms with Crippen LogP contribution in [0.2, 0.25) is 0 Å². The molecule has 0 spiro atoms. The topological polar surface area (TPSA) is 77.1 Å². The van der Waals surface area contributed by atoms with E-state index in [4.69, 9.17) is 5.73 Å². The number of nitrogens with one attached hydrogen (secondary N) is 1. The third kappa shape index (κ3) is 2.67. The van der Waals surface area contributed by atoms with Crippen LogP contribution < -0.4 is 11.1 Å². The van der Waals surface area contributed by atoms with Crippen LogP contribution in [-0.4, -0.2) is 16.4 Å². The Hall–Kier alpha value is -2.12. The molecule has 3 heterocycles. The number of thiophene rings is 2. The Balaban J connectivity index is 1.72. The van der Waals surface area contributed by atoms with Crippen molar-refractivity contribution >= 4 is 49.7 Å². The van der Waals surface area contributed by atoms with Crippen LogP contribution in [0, 0.1) is 0 Å². The van der Waals surface area contributed by atoms with Crippen molar-refractivity contribution in [3.8, 4) is 0 Å². The molecule has 4 rings (SSSR count). The normalized spacial score (nSPS) is 13.8. The molecule has 1 aliphatic rings. The van der Waals surface area contributed by atoms with E-state index in [1.54, 1.807) is 11.3 Å². The van der Waals surface area contributed by atoms with Gasteiger partial charge in [-0.05, 0) is 55.7 Å². The van der Waals surface area contributed by atoms with Crippen LogP contribution in [0.4, 0.5) is 5.00 Å². The Bertz CT molecular complexity index is 980. The Labute approximate surface area is 153 Å².